The molecule has 3 N–H and O–H groups in total. The number of nitrogens with zero attached hydrogens (tertiary/aromatic N) is 2. The van der Waals surface area contributed by atoms with E-state index in [4.69, 9.17) is 17.3 Å². The fourth-order valence-corrected chi connectivity index (χ4v) is 2.76. The second-order valence-electron chi connectivity index (χ2n) is 4.71. The molecule has 0 aliphatic heterocycles. The number of anilines is 3. The molecule has 0 atom stereocenters. The Bertz CT molecular complexity index is 835. The molecule has 0 fully saturated rings. The lowest BCUT2D eigenvalue weighted by atomic mass is 10.2. The van der Waals surface area contributed by atoms with Gasteiger partial charge in [0.1, 0.15) is 12.1 Å². The number of halogens is 2. The Labute approximate surface area is 135 Å². The molecule has 0 spiro atoms. The first-order valence-corrected chi connectivity index (χ1v) is 7.44. The molecule has 0 aliphatic carbocycles. The summed E-state index contributed by atoms with van der Waals surface area (Å²) >= 11 is 9.71. The zero-order valence-electron chi connectivity index (χ0n) is 11.2. The van der Waals surface area contributed by atoms with Crippen molar-refractivity contribution in [3.05, 3.63) is 51.7 Å². The smallest absolute Gasteiger partial charge is 0.141 e. The highest BCUT2D eigenvalue weighted by Gasteiger charge is 2.08. The van der Waals surface area contributed by atoms with Crippen LogP contribution in [0.25, 0.3) is 10.9 Å². The van der Waals surface area contributed by atoms with Gasteiger partial charge in [-0.15, -0.1) is 0 Å². The minimum absolute atomic E-state index is 0.668. The summed E-state index contributed by atoms with van der Waals surface area (Å²) in [7, 11) is 0. The van der Waals surface area contributed by atoms with E-state index in [2.05, 4.69) is 31.2 Å². The van der Waals surface area contributed by atoms with Crippen molar-refractivity contribution in [1.29, 1.82) is 0 Å². The number of fused-ring (bicyclic) bond motifs is 1. The number of hydrogen-bond donors (Lipinski definition) is 2. The van der Waals surface area contributed by atoms with Crippen LogP contribution in [0, 0.1) is 6.92 Å². The van der Waals surface area contributed by atoms with Crippen molar-refractivity contribution in [2.45, 2.75) is 6.92 Å². The van der Waals surface area contributed by atoms with Gasteiger partial charge in [-0.1, -0.05) is 11.6 Å². The summed E-state index contributed by atoms with van der Waals surface area (Å²) in [5, 5.41) is 4.83. The molecule has 0 unspecified atom stereocenters. The van der Waals surface area contributed by atoms with Crippen LogP contribution < -0.4 is 11.1 Å². The maximum Gasteiger partial charge on any atom is 0.141 e. The summed E-state index contributed by atoms with van der Waals surface area (Å²) < 4.78 is 0.917. The number of rotatable bonds is 2. The molecule has 0 radical (unpaired) electrons. The van der Waals surface area contributed by atoms with Crippen molar-refractivity contribution >= 4 is 55.6 Å². The van der Waals surface area contributed by atoms with Crippen molar-refractivity contribution in [3.63, 3.8) is 0 Å². The zero-order chi connectivity index (χ0) is 15.0. The Morgan fingerprint density at radius 1 is 1.19 bits per heavy atom. The summed E-state index contributed by atoms with van der Waals surface area (Å²) in [6, 6.07) is 9.36. The molecule has 1 aromatic heterocycles. The van der Waals surface area contributed by atoms with E-state index in [1.54, 1.807) is 0 Å². The molecule has 0 saturated heterocycles. The maximum atomic E-state index is 6.18. The van der Waals surface area contributed by atoms with Crippen molar-refractivity contribution in [1.82, 2.24) is 9.97 Å². The first kappa shape index (κ1) is 14.1. The van der Waals surface area contributed by atoms with Crippen molar-refractivity contribution in [3.8, 4) is 0 Å². The van der Waals surface area contributed by atoms with Crippen LogP contribution in [-0.2, 0) is 0 Å². The molecule has 3 aromatic rings. The molecule has 0 aliphatic rings. The van der Waals surface area contributed by atoms with Crippen LogP contribution in [0.1, 0.15) is 5.56 Å². The monoisotopic (exact) mass is 362 g/mol. The maximum absolute atomic E-state index is 6.18. The molecule has 0 saturated carbocycles. The van der Waals surface area contributed by atoms with Gasteiger partial charge in [-0.2, -0.15) is 0 Å². The zero-order valence-corrected chi connectivity index (χ0v) is 13.5. The number of nitrogen functional groups attached to an aromatic ring is 1. The second-order valence-corrected chi connectivity index (χ2v) is 5.97. The third kappa shape index (κ3) is 2.80. The number of benzene rings is 2. The Kier molecular flexibility index (Phi) is 3.69. The van der Waals surface area contributed by atoms with E-state index in [-0.39, 0.29) is 0 Å². The Hall–Kier alpha value is -1.85. The summed E-state index contributed by atoms with van der Waals surface area (Å²) in [6.45, 7) is 1.96. The Balaban J connectivity index is 2.10. The summed E-state index contributed by atoms with van der Waals surface area (Å²) in [4.78, 5) is 8.53. The highest BCUT2D eigenvalue weighted by Crippen LogP contribution is 2.32. The van der Waals surface area contributed by atoms with E-state index in [0.717, 1.165) is 26.6 Å². The Morgan fingerprint density at radius 2 is 2.00 bits per heavy atom. The van der Waals surface area contributed by atoms with E-state index in [9.17, 15) is 0 Å². The Morgan fingerprint density at radius 3 is 2.81 bits per heavy atom. The lowest BCUT2D eigenvalue weighted by molar-refractivity contribution is 1.22. The van der Waals surface area contributed by atoms with Crippen molar-refractivity contribution < 1.29 is 0 Å². The molecule has 0 bridgehead atoms. The average Bonchev–Trinajstić information content (AvgIpc) is 2.45. The SMILES string of the molecule is Cc1cc(Br)c(Nc2ncnc3ccc(N)cc23)cc1Cl. The molecule has 6 heteroatoms. The van der Waals surface area contributed by atoms with Gasteiger partial charge in [-0.05, 0) is 58.7 Å². The van der Waals surface area contributed by atoms with Crippen LogP contribution in [-0.4, -0.2) is 9.97 Å². The number of nitrogens with one attached hydrogen (secondary N) is 1. The number of aromatic nitrogens is 2. The quantitative estimate of drug-likeness (QED) is 0.649. The largest absolute Gasteiger partial charge is 0.399 e. The minimum Gasteiger partial charge on any atom is -0.399 e. The standard InChI is InChI=1S/C15H12BrClN4/c1-8-4-11(16)14(6-12(8)17)21-15-10-5-9(18)2-3-13(10)19-7-20-15/h2-7H,18H2,1H3,(H,19,20,21). The van der Waals surface area contributed by atoms with E-state index < -0.39 is 0 Å². The lowest BCUT2D eigenvalue weighted by Crippen LogP contribution is -1.98. The minimum atomic E-state index is 0.668. The molecule has 3 rings (SSSR count). The number of aryl methyl sites for hydroxylation is 1. The highest BCUT2D eigenvalue weighted by atomic mass is 79.9. The van der Waals surface area contributed by atoms with Gasteiger partial charge in [0.25, 0.3) is 0 Å². The first-order chi connectivity index (χ1) is 10.0. The second kappa shape index (κ2) is 5.50. The van der Waals surface area contributed by atoms with Gasteiger partial charge >= 0.3 is 0 Å². The topological polar surface area (TPSA) is 63.8 Å². The normalized spacial score (nSPS) is 10.8. The molecular formula is C15H12BrClN4. The van der Waals surface area contributed by atoms with Crippen LogP contribution in [0.3, 0.4) is 0 Å². The summed E-state index contributed by atoms with van der Waals surface area (Å²) in [5.41, 5.74) is 9.19. The molecule has 1 heterocycles. The summed E-state index contributed by atoms with van der Waals surface area (Å²) in [6.07, 6.45) is 1.52. The van der Waals surface area contributed by atoms with E-state index in [1.807, 2.05) is 37.3 Å². The van der Waals surface area contributed by atoms with Crippen molar-refractivity contribution in [2.75, 3.05) is 11.1 Å². The van der Waals surface area contributed by atoms with Gasteiger partial charge in [-0.3, -0.25) is 0 Å². The van der Waals surface area contributed by atoms with Crippen LogP contribution in [0.2, 0.25) is 5.02 Å². The molecular weight excluding hydrogens is 352 g/mol. The third-order valence-corrected chi connectivity index (χ3v) is 4.22. The predicted octanol–water partition coefficient (Wildman–Crippen LogP) is 4.68. The number of hydrogen-bond acceptors (Lipinski definition) is 4. The van der Waals surface area contributed by atoms with Gasteiger partial charge in [0.2, 0.25) is 0 Å². The van der Waals surface area contributed by atoms with E-state index in [1.165, 1.54) is 6.33 Å². The van der Waals surface area contributed by atoms with Gasteiger partial charge in [0, 0.05) is 20.6 Å². The van der Waals surface area contributed by atoms with Crippen LogP contribution >= 0.6 is 27.5 Å². The third-order valence-electron chi connectivity index (χ3n) is 3.16. The van der Waals surface area contributed by atoms with Gasteiger partial charge in [-0.25, -0.2) is 9.97 Å². The van der Waals surface area contributed by atoms with Gasteiger partial charge in [0.05, 0.1) is 11.2 Å². The first-order valence-electron chi connectivity index (χ1n) is 6.27. The number of nitrogens with two attached hydrogens (primary N) is 1. The van der Waals surface area contributed by atoms with Gasteiger partial charge in [0.15, 0.2) is 0 Å². The average molecular weight is 364 g/mol. The lowest BCUT2D eigenvalue weighted by Gasteiger charge is -2.12. The highest BCUT2D eigenvalue weighted by molar-refractivity contribution is 9.10. The molecule has 4 nitrogen and oxygen atoms in total. The molecule has 2 aromatic carbocycles. The van der Waals surface area contributed by atoms with Crippen LogP contribution in [0.4, 0.5) is 17.2 Å². The molecule has 21 heavy (non-hydrogen) atoms. The predicted molar refractivity (Wildman–Crippen MR) is 91.1 cm³/mol. The van der Waals surface area contributed by atoms with E-state index >= 15 is 0 Å². The van der Waals surface area contributed by atoms with E-state index in [0.29, 0.717) is 16.5 Å². The molecule has 0 amide bonds. The fourth-order valence-electron chi connectivity index (χ4n) is 2.04. The fraction of sp³-hybridized carbons (Fsp3) is 0.0667. The van der Waals surface area contributed by atoms with Gasteiger partial charge < -0.3 is 11.1 Å². The van der Waals surface area contributed by atoms with Crippen molar-refractivity contribution in [2.24, 2.45) is 0 Å². The summed E-state index contributed by atoms with van der Waals surface area (Å²) in [5.74, 6) is 0.688. The van der Waals surface area contributed by atoms with Crippen LogP contribution in [0.15, 0.2) is 41.1 Å². The van der Waals surface area contributed by atoms with Crippen LogP contribution in [0.5, 0.6) is 0 Å². The molecule has 106 valence electrons.